The van der Waals surface area contributed by atoms with Crippen molar-refractivity contribution < 1.29 is 23.1 Å². The van der Waals surface area contributed by atoms with E-state index in [9.17, 15) is 18.4 Å². The predicted molar refractivity (Wildman–Crippen MR) is 66.0 cm³/mol. The molecular weight excluding hydrogens is 280 g/mol. The molecule has 19 heavy (non-hydrogen) atoms. The molecule has 0 spiro atoms. The van der Waals surface area contributed by atoms with E-state index in [-0.39, 0.29) is 18.9 Å². The second kappa shape index (κ2) is 6.03. The third kappa shape index (κ3) is 3.78. The number of hydrogen-bond acceptors (Lipinski definition) is 3. The van der Waals surface area contributed by atoms with Crippen molar-refractivity contribution in [1.82, 2.24) is 4.90 Å². The first-order chi connectivity index (χ1) is 8.68. The molecule has 0 bridgehead atoms. The number of ether oxygens (including phenoxy) is 1. The highest BCUT2D eigenvalue weighted by Gasteiger charge is 2.43. The number of hydrogen-bond donors (Lipinski definition) is 0. The van der Waals surface area contributed by atoms with Gasteiger partial charge in [0.1, 0.15) is 6.61 Å². The van der Waals surface area contributed by atoms with Crippen LogP contribution in [0, 0.1) is 11.8 Å². The molecular formula is C12H18ClF2NO3. The Kier molecular flexibility index (Phi) is 5.12. The lowest BCUT2D eigenvalue weighted by atomic mass is 9.99. The van der Waals surface area contributed by atoms with Crippen molar-refractivity contribution in [3.63, 3.8) is 0 Å². The van der Waals surface area contributed by atoms with E-state index in [2.05, 4.69) is 0 Å². The van der Waals surface area contributed by atoms with Gasteiger partial charge in [-0.3, -0.25) is 4.79 Å². The molecule has 0 aliphatic carbocycles. The van der Waals surface area contributed by atoms with Crippen molar-refractivity contribution in [3.05, 3.63) is 0 Å². The molecule has 110 valence electrons. The number of rotatable bonds is 5. The summed E-state index contributed by atoms with van der Waals surface area (Å²) in [6, 6.07) is -0.401. The van der Waals surface area contributed by atoms with Crippen molar-refractivity contribution in [2.75, 3.05) is 6.61 Å². The Morgan fingerprint density at radius 3 is 2.58 bits per heavy atom. The van der Waals surface area contributed by atoms with Gasteiger partial charge in [0, 0.05) is 12.3 Å². The minimum atomic E-state index is -3.46. The second-order valence-electron chi connectivity index (χ2n) is 5.00. The van der Waals surface area contributed by atoms with Crippen LogP contribution in [0.3, 0.4) is 0 Å². The molecule has 4 nitrogen and oxygen atoms in total. The van der Waals surface area contributed by atoms with Gasteiger partial charge in [0.05, 0.1) is 6.04 Å². The third-order valence-corrected chi connectivity index (χ3v) is 3.63. The minimum Gasteiger partial charge on any atom is -0.447 e. The standard InChI is InChI=1S/C12H18ClF2NO3/c1-4-8(12(13,14)15)5-10(17)16-9(7(2)3)6-19-11(16)18/h7-9H,4-6H2,1-3H3/t8?,9-/m1/s1. The Bertz CT molecular complexity index is 357. The summed E-state index contributed by atoms with van der Waals surface area (Å²) in [7, 11) is 0. The lowest BCUT2D eigenvalue weighted by molar-refractivity contribution is -0.133. The van der Waals surface area contributed by atoms with E-state index in [1.165, 1.54) is 6.92 Å². The van der Waals surface area contributed by atoms with Crippen LogP contribution in [0.2, 0.25) is 0 Å². The normalized spacial score (nSPS) is 21.7. The summed E-state index contributed by atoms with van der Waals surface area (Å²) in [5, 5.41) is -3.46. The second-order valence-corrected chi connectivity index (χ2v) is 5.51. The van der Waals surface area contributed by atoms with Gasteiger partial charge >= 0.3 is 11.5 Å². The average Bonchev–Trinajstić information content (AvgIpc) is 2.66. The number of alkyl halides is 3. The van der Waals surface area contributed by atoms with E-state index in [1.807, 2.05) is 13.8 Å². The molecule has 1 aliphatic rings. The first-order valence-corrected chi connectivity index (χ1v) is 6.61. The summed E-state index contributed by atoms with van der Waals surface area (Å²) in [5.74, 6) is -1.94. The molecule has 1 fully saturated rings. The SMILES string of the molecule is CCC(CC(=O)N1C(=O)OC[C@@H]1C(C)C)C(F)(F)Cl. The Morgan fingerprint density at radius 2 is 2.16 bits per heavy atom. The molecule has 0 radical (unpaired) electrons. The first kappa shape index (κ1) is 16.1. The zero-order chi connectivity index (χ0) is 14.8. The molecule has 1 saturated heterocycles. The summed E-state index contributed by atoms with van der Waals surface area (Å²) in [4.78, 5) is 24.5. The van der Waals surface area contributed by atoms with Crippen LogP contribution in [0.1, 0.15) is 33.6 Å². The molecule has 1 unspecified atom stereocenters. The number of nitrogens with zero attached hydrogens (tertiary/aromatic N) is 1. The highest BCUT2D eigenvalue weighted by atomic mass is 35.5. The predicted octanol–water partition coefficient (Wildman–Crippen LogP) is 3.24. The van der Waals surface area contributed by atoms with Crippen LogP contribution in [-0.4, -0.2) is 34.9 Å². The van der Waals surface area contributed by atoms with Gasteiger partial charge < -0.3 is 4.74 Å². The van der Waals surface area contributed by atoms with Crippen molar-refractivity contribution in [2.45, 2.75) is 45.0 Å². The molecule has 1 rings (SSSR count). The van der Waals surface area contributed by atoms with E-state index in [0.717, 1.165) is 4.90 Å². The number of imide groups is 1. The van der Waals surface area contributed by atoms with Crippen LogP contribution in [0.5, 0.6) is 0 Å². The van der Waals surface area contributed by atoms with Crippen LogP contribution < -0.4 is 0 Å². The Balaban J connectivity index is 2.78. The van der Waals surface area contributed by atoms with Crippen LogP contribution >= 0.6 is 11.6 Å². The zero-order valence-corrected chi connectivity index (χ0v) is 11.9. The van der Waals surface area contributed by atoms with Crippen molar-refractivity contribution in [3.8, 4) is 0 Å². The van der Waals surface area contributed by atoms with E-state index in [1.54, 1.807) is 0 Å². The molecule has 0 aromatic carbocycles. The van der Waals surface area contributed by atoms with Crippen molar-refractivity contribution in [1.29, 1.82) is 0 Å². The first-order valence-electron chi connectivity index (χ1n) is 6.24. The van der Waals surface area contributed by atoms with Gasteiger partial charge in [0.15, 0.2) is 0 Å². The Morgan fingerprint density at radius 1 is 1.58 bits per heavy atom. The smallest absolute Gasteiger partial charge is 0.416 e. The fourth-order valence-corrected chi connectivity index (χ4v) is 2.25. The monoisotopic (exact) mass is 297 g/mol. The van der Waals surface area contributed by atoms with Crippen LogP contribution in [0.4, 0.5) is 13.6 Å². The fraction of sp³-hybridized carbons (Fsp3) is 0.833. The molecule has 0 saturated carbocycles. The number of halogens is 3. The summed E-state index contributed by atoms with van der Waals surface area (Å²) in [6.45, 7) is 5.30. The Labute approximate surface area is 116 Å². The lowest BCUT2D eigenvalue weighted by Crippen LogP contribution is -2.43. The summed E-state index contributed by atoms with van der Waals surface area (Å²) >= 11 is 4.97. The number of amides is 2. The molecule has 7 heteroatoms. The quantitative estimate of drug-likeness (QED) is 0.732. The van der Waals surface area contributed by atoms with Gasteiger partial charge in [0.25, 0.3) is 0 Å². The van der Waals surface area contributed by atoms with Crippen molar-refractivity contribution in [2.24, 2.45) is 11.8 Å². The highest BCUT2D eigenvalue weighted by molar-refractivity contribution is 6.22. The van der Waals surface area contributed by atoms with Crippen LogP contribution in [0.15, 0.2) is 0 Å². The number of carbonyl (C=O) groups is 2. The fourth-order valence-electron chi connectivity index (χ4n) is 2.01. The summed E-state index contributed by atoms with van der Waals surface area (Å²) < 4.78 is 30.9. The summed E-state index contributed by atoms with van der Waals surface area (Å²) in [5.41, 5.74) is 0. The van der Waals surface area contributed by atoms with Gasteiger partial charge in [-0.2, -0.15) is 8.78 Å². The van der Waals surface area contributed by atoms with E-state index < -0.39 is 35.8 Å². The molecule has 1 heterocycles. The molecule has 0 aromatic rings. The largest absolute Gasteiger partial charge is 0.447 e. The maximum absolute atomic E-state index is 13.1. The van der Waals surface area contributed by atoms with Crippen molar-refractivity contribution >= 4 is 23.6 Å². The van der Waals surface area contributed by atoms with Crippen LogP contribution in [-0.2, 0) is 9.53 Å². The maximum atomic E-state index is 13.1. The molecule has 0 N–H and O–H groups in total. The maximum Gasteiger partial charge on any atom is 0.416 e. The Hall–Kier alpha value is -0.910. The van der Waals surface area contributed by atoms with Gasteiger partial charge in [-0.25, -0.2) is 9.69 Å². The molecule has 1 aliphatic heterocycles. The minimum absolute atomic E-state index is 0.00647. The third-order valence-electron chi connectivity index (χ3n) is 3.32. The zero-order valence-electron chi connectivity index (χ0n) is 11.2. The van der Waals surface area contributed by atoms with E-state index in [4.69, 9.17) is 16.3 Å². The van der Waals surface area contributed by atoms with Gasteiger partial charge in [-0.1, -0.05) is 20.8 Å². The van der Waals surface area contributed by atoms with Crippen LogP contribution in [0.25, 0.3) is 0 Å². The topological polar surface area (TPSA) is 46.6 Å². The molecule has 0 aromatic heterocycles. The average molecular weight is 298 g/mol. The van der Waals surface area contributed by atoms with E-state index >= 15 is 0 Å². The van der Waals surface area contributed by atoms with Gasteiger partial charge in [0.2, 0.25) is 5.91 Å². The highest BCUT2D eigenvalue weighted by Crippen LogP contribution is 2.35. The van der Waals surface area contributed by atoms with Gasteiger partial charge in [-0.15, -0.1) is 0 Å². The van der Waals surface area contributed by atoms with Gasteiger partial charge in [-0.05, 0) is 23.9 Å². The number of cyclic esters (lactones) is 1. The van der Waals surface area contributed by atoms with E-state index in [0.29, 0.717) is 0 Å². The summed E-state index contributed by atoms with van der Waals surface area (Å²) in [6.07, 6.45) is -1.18. The number of carbonyl (C=O) groups excluding carboxylic acids is 2. The molecule has 2 atom stereocenters. The lowest BCUT2D eigenvalue weighted by Gasteiger charge is -2.25. The molecule has 2 amide bonds.